The number of furan rings is 1. The number of likely N-dealkylation sites (N-methyl/N-ethyl adjacent to an activating group) is 1. The van der Waals surface area contributed by atoms with Gasteiger partial charge < -0.3 is 23.9 Å². The highest BCUT2D eigenvalue weighted by Gasteiger charge is 2.19. The third kappa shape index (κ3) is 4.97. The van der Waals surface area contributed by atoms with Crippen LogP contribution in [0.1, 0.15) is 22.1 Å². The quantitative estimate of drug-likeness (QED) is 0.669. The number of carbonyl (C=O) groups is 2. The number of halogens is 1. The monoisotopic (exact) mass is 387 g/mol. The predicted molar refractivity (Wildman–Crippen MR) is 96.3 cm³/mol. The molecule has 8 nitrogen and oxygen atoms in total. The van der Waals surface area contributed by atoms with Crippen LogP contribution in [0.4, 0.5) is 10.2 Å². The van der Waals surface area contributed by atoms with Crippen molar-refractivity contribution in [3.8, 4) is 5.75 Å². The lowest BCUT2D eigenvalue weighted by atomic mass is 10.3. The largest absolute Gasteiger partial charge is 0.486 e. The number of hydrogen-bond donors (Lipinski definition) is 1. The van der Waals surface area contributed by atoms with Crippen LogP contribution < -0.4 is 10.1 Å². The molecule has 1 N–H and O–H groups in total. The van der Waals surface area contributed by atoms with Crippen molar-refractivity contribution in [2.75, 3.05) is 18.9 Å². The second kappa shape index (κ2) is 8.38. The summed E-state index contributed by atoms with van der Waals surface area (Å²) in [5, 5.41) is 6.19. The fourth-order valence-electron chi connectivity index (χ4n) is 2.34. The number of aromatic nitrogens is 1. The number of nitrogens with one attached hydrogen (secondary N) is 1. The minimum atomic E-state index is -0.459. The first-order valence-electron chi connectivity index (χ1n) is 8.36. The molecule has 2 heterocycles. The van der Waals surface area contributed by atoms with Crippen LogP contribution in [-0.2, 0) is 11.4 Å². The van der Waals surface area contributed by atoms with Crippen LogP contribution in [0.5, 0.6) is 5.75 Å². The molecule has 2 amide bonds. The summed E-state index contributed by atoms with van der Waals surface area (Å²) in [5.41, 5.74) is 0. The number of ether oxygens (including phenoxy) is 1. The van der Waals surface area contributed by atoms with E-state index in [9.17, 15) is 14.0 Å². The van der Waals surface area contributed by atoms with Crippen molar-refractivity contribution < 1.29 is 27.7 Å². The summed E-state index contributed by atoms with van der Waals surface area (Å²) in [7, 11) is 1.48. The lowest BCUT2D eigenvalue weighted by Gasteiger charge is -2.14. The van der Waals surface area contributed by atoms with Gasteiger partial charge in [0.15, 0.2) is 11.6 Å². The van der Waals surface area contributed by atoms with E-state index in [-0.39, 0.29) is 30.5 Å². The van der Waals surface area contributed by atoms with Crippen LogP contribution in [0.25, 0.3) is 0 Å². The lowest BCUT2D eigenvalue weighted by molar-refractivity contribution is -0.116. The summed E-state index contributed by atoms with van der Waals surface area (Å²) < 4.78 is 28.7. The molecule has 0 spiro atoms. The number of anilines is 1. The predicted octanol–water partition coefficient (Wildman–Crippen LogP) is 3.00. The van der Waals surface area contributed by atoms with Gasteiger partial charge in [-0.1, -0.05) is 5.16 Å². The zero-order valence-electron chi connectivity index (χ0n) is 15.3. The number of rotatable bonds is 7. The molecule has 146 valence electrons. The molecular weight excluding hydrogens is 369 g/mol. The molecule has 0 unspecified atom stereocenters. The molecule has 1 aromatic carbocycles. The first-order valence-corrected chi connectivity index (χ1v) is 8.36. The van der Waals surface area contributed by atoms with Gasteiger partial charge in [-0.15, -0.1) is 0 Å². The van der Waals surface area contributed by atoms with E-state index >= 15 is 0 Å². The minimum absolute atomic E-state index is 0.0743. The normalized spacial score (nSPS) is 10.5. The molecule has 3 rings (SSSR count). The molecule has 3 aromatic rings. The highest BCUT2D eigenvalue weighted by Crippen LogP contribution is 2.16. The van der Waals surface area contributed by atoms with Gasteiger partial charge in [-0.2, -0.15) is 0 Å². The summed E-state index contributed by atoms with van der Waals surface area (Å²) in [6.07, 6.45) is 0. The molecule has 0 atom stereocenters. The van der Waals surface area contributed by atoms with Gasteiger partial charge in [0, 0.05) is 13.1 Å². The van der Waals surface area contributed by atoms with E-state index in [2.05, 4.69) is 10.5 Å². The highest BCUT2D eigenvalue weighted by atomic mass is 19.1. The molecule has 28 heavy (non-hydrogen) atoms. The fourth-order valence-corrected chi connectivity index (χ4v) is 2.34. The number of aryl methyl sites for hydroxylation is 1. The molecule has 0 aliphatic heterocycles. The number of nitrogens with zero attached hydrogens (tertiary/aromatic N) is 2. The van der Waals surface area contributed by atoms with Gasteiger partial charge in [-0.3, -0.25) is 9.59 Å². The first-order chi connectivity index (χ1) is 13.4. The molecule has 0 aliphatic carbocycles. The summed E-state index contributed by atoms with van der Waals surface area (Å²) in [4.78, 5) is 25.6. The second-order valence-electron chi connectivity index (χ2n) is 6.04. The molecule has 0 saturated carbocycles. The minimum Gasteiger partial charge on any atom is -0.486 e. The van der Waals surface area contributed by atoms with E-state index < -0.39 is 11.8 Å². The number of carbonyl (C=O) groups excluding carboxylic acids is 2. The van der Waals surface area contributed by atoms with Crippen molar-refractivity contribution in [3.63, 3.8) is 0 Å². The standard InChI is InChI=1S/C19H18FN3O5/c1-12-9-17(22-28-12)21-18(24)10-23(2)19(25)16-8-7-15(27-16)11-26-14-5-3-13(20)4-6-14/h3-9H,10-11H2,1-2H3,(H,21,22,24). The molecule has 0 fully saturated rings. The molecule has 0 saturated heterocycles. The number of hydrogen-bond acceptors (Lipinski definition) is 6. The third-order valence-corrected chi connectivity index (χ3v) is 3.69. The highest BCUT2D eigenvalue weighted by molar-refractivity contribution is 5.97. The van der Waals surface area contributed by atoms with Crippen LogP contribution in [0, 0.1) is 12.7 Å². The maximum atomic E-state index is 12.9. The Hall–Kier alpha value is -3.62. The first kappa shape index (κ1) is 19.2. The Labute approximate surface area is 159 Å². The van der Waals surface area contributed by atoms with Crippen LogP contribution in [-0.4, -0.2) is 35.5 Å². The Bertz CT molecular complexity index is 964. The molecule has 2 aromatic heterocycles. The van der Waals surface area contributed by atoms with Crippen molar-refractivity contribution in [2.24, 2.45) is 0 Å². The van der Waals surface area contributed by atoms with Gasteiger partial charge in [-0.05, 0) is 43.3 Å². The van der Waals surface area contributed by atoms with Gasteiger partial charge in [0.2, 0.25) is 5.91 Å². The van der Waals surface area contributed by atoms with Crippen LogP contribution in [0.2, 0.25) is 0 Å². The molecule has 0 aliphatic rings. The molecular formula is C19H18FN3O5. The SMILES string of the molecule is Cc1cc(NC(=O)CN(C)C(=O)c2ccc(COc3ccc(F)cc3)o2)no1. The smallest absolute Gasteiger partial charge is 0.289 e. The van der Waals surface area contributed by atoms with Crippen molar-refractivity contribution in [1.29, 1.82) is 0 Å². The maximum Gasteiger partial charge on any atom is 0.289 e. The summed E-state index contributed by atoms with van der Waals surface area (Å²) in [5.74, 6) is 0.572. The van der Waals surface area contributed by atoms with Crippen LogP contribution >= 0.6 is 0 Å². The third-order valence-electron chi connectivity index (χ3n) is 3.69. The topological polar surface area (TPSA) is 97.8 Å². The second-order valence-corrected chi connectivity index (χ2v) is 6.04. The van der Waals surface area contributed by atoms with Gasteiger partial charge in [-0.25, -0.2) is 4.39 Å². The van der Waals surface area contributed by atoms with E-state index in [0.717, 1.165) is 0 Å². The van der Waals surface area contributed by atoms with Gasteiger partial charge >= 0.3 is 0 Å². The average molecular weight is 387 g/mol. The van der Waals surface area contributed by atoms with E-state index in [0.29, 0.717) is 17.3 Å². The number of amides is 2. The molecule has 0 radical (unpaired) electrons. The Kier molecular flexibility index (Phi) is 5.73. The van der Waals surface area contributed by atoms with Crippen LogP contribution in [0.3, 0.4) is 0 Å². The van der Waals surface area contributed by atoms with Crippen molar-refractivity contribution in [1.82, 2.24) is 10.1 Å². The van der Waals surface area contributed by atoms with Crippen LogP contribution in [0.15, 0.2) is 51.4 Å². The van der Waals surface area contributed by atoms with Crippen molar-refractivity contribution in [2.45, 2.75) is 13.5 Å². The maximum absolute atomic E-state index is 12.9. The Balaban J connectivity index is 1.52. The Morgan fingerprint density at radius 3 is 2.64 bits per heavy atom. The summed E-state index contributed by atoms with van der Waals surface area (Å²) in [6.45, 7) is 1.59. The average Bonchev–Trinajstić information content (AvgIpc) is 3.29. The van der Waals surface area contributed by atoms with E-state index in [1.807, 2.05) is 0 Å². The van der Waals surface area contributed by atoms with E-state index in [4.69, 9.17) is 13.7 Å². The van der Waals surface area contributed by atoms with Crippen molar-refractivity contribution >= 4 is 17.6 Å². The van der Waals surface area contributed by atoms with Gasteiger partial charge in [0.1, 0.15) is 36.2 Å². The molecule has 0 bridgehead atoms. The molecule has 9 heteroatoms. The lowest BCUT2D eigenvalue weighted by Crippen LogP contribution is -2.34. The zero-order valence-corrected chi connectivity index (χ0v) is 15.3. The Morgan fingerprint density at radius 1 is 1.21 bits per heavy atom. The van der Waals surface area contributed by atoms with Gasteiger partial charge in [0.25, 0.3) is 5.91 Å². The van der Waals surface area contributed by atoms with E-state index in [1.54, 1.807) is 19.1 Å². The zero-order chi connectivity index (χ0) is 20.1. The number of benzene rings is 1. The Morgan fingerprint density at radius 2 is 1.96 bits per heavy atom. The summed E-state index contributed by atoms with van der Waals surface area (Å²) >= 11 is 0. The summed E-state index contributed by atoms with van der Waals surface area (Å²) in [6, 6.07) is 10.2. The van der Waals surface area contributed by atoms with Crippen molar-refractivity contribution in [3.05, 3.63) is 65.6 Å². The van der Waals surface area contributed by atoms with E-state index in [1.165, 1.54) is 42.3 Å². The fraction of sp³-hybridized carbons (Fsp3) is 0.211. The van der Waals surface area contributed by atoms with Gasteiger partial charge in [0.05, 0.1) is 0 Å².